The fourth-order valence-electron chi connectivity index (χ4n) is 3.51. The summed E-state index contributed by atoms with van der Waals surface area (Å²) in [5.41, 5.74) is 2.28. The van der Waals surface area contributed by atoms with Crippen LogP contribution in [0, 0.1) is 10.1 Å². The minimum atomic E-state index is -1.20. The second-order valence-electron chi connectivity index (χ2n) is 7.81. The van der Waals surface area contributed by atoms with Gasteiger partial charge in [-0.25, -0.2) is 9.78 Å². The Kier molecular flexibility index (Phi) is 8.31. The third kappa shape index (κ3) is 6.38. The van der Waals surface area contributed by atoms with E-state index < -0.39 is 29.0 Å². The lowest BCUT2D eigenvalue weighted by Crippen LogP contribution is -2.49. The summed E-state index contributed by atoms with van der Waals surface area (Å²) in [7, 11) is 1.37. The highest BCUT2D eigenvalue weighted by Gasteiger charge is 2.30. The van der Waals surface area contributed by atoms with Crippen LogP contribution >= 0.6 is 11.3 Å². The fraction of sp³-hybridized carbons (Fsp3) is 0.292. The van der Waals surface area contributed by atoms with E-state index in [4.69, 9.17) is 0 Å². The Balaban J connectivity index is 1.86. The smallest absolute Gasteiger partial charge is 0.407 e. The first-order valence-electron chi connectivity index (χ1n) is 10.8. The molecule has 0 unspecified atom stereocenters. The molecule has 0 saturated carbocycles. The van der Waals surface area contributed by atoms with Crippen LogP contribution in [0.15, 0.2) is 60.0 Å². The number of aryl methyl sites for hydroxylation is 1. The van der Waals surface area contributed by atoms with E-state index in [-0.39, 0.29) is 12.1 Å². The number of thiazole rings is 1. The van der Waals surface area contributed by atoms with E-state index in [1.54, 1.807) is 12.1 Å². The number of carbonyl (C=O) groups is 2. The number of nitrogens with one attached hydrogen (secondary N) is 1. The van der Waals surface area contributed by atoms with Gasteiger partial charge in [-0.15, -0.1) is 11.3 Å². The van der Waals surface area contributed by atoms with Crippen LogP contribution in [0.25, 0.3) is 0 Å². The van der Waals surface area contributed by atoms with Gasteiger partial charge in [0.15, 0.2) is 0 Å². The minimum Gasteiger partial charge on any atom is -0.465 e. The number of nitro benzene ring substituents is 1. The van der Waals surface area contributed by atoms with Gasteiger partial charge in [-0.1, -0.05) is 49.4 Å². The fourth-order valence-corrected chi connectivity index (χ4v) is 4.31. The van der Waals surface area contributed by atoms with Crippen LogP contribution in [0.1, 0.15) is 34.8 Å². The molecular formula is C24H26N4O5S. The van der Waals surface area contributed by atoms with Crippen molar-refractivity contribution >= 4 is 29.0 Å². The highest BCUT2D eigenvalue weighted by Crippen LogP contribution is 2.23. The molecule has 0 radical (unpaired) electrons. The number of aromatic nitrogens is 1. The molecule has 2 atom stereocenters. The van der Waals surface area contributed by atoms with Crippen LogP contribution < -0.4 is 5.32 Å². The van der Waals surface area contributed by atoms with Crippen LogP contribution in [0.3, 0.4) is 0 Å². The van der Waals surface area contributed by atoms with Crippen molar-refractivity contribution < 1.29 is 19.6 Å². The highest BCUT2D eigenvalue weighted by molar-refractivity contribution is 7.09. The number of nitrogens with zero attached hydrogens (tertiary/aromatic N) is 3. The molecule has 0 spiro atoms. The molecule has 9 nitrogen and oxygen atoms in total. The highest BCUT2D eigenvalue weighted by atomic mass is 32.1. The number of benzene rings is 2. The number of carboxylic acid groups (broad SMARTS) is 1. The predicted octanol–water partition coefficient (Wildman–Crippen LogP) is 4.23. The average Bonchev–Trinajstić information content (AvgIpc) is 3.32. The molecular weight excluding hydrogens is 456 g/mol. The summed E-state index contributed by atoms with van der Waals surface area (Å²) in [6.45, 7) is 1.99. The maximum absolute atomic E-state index is 13.4. The van der Waals surface area contributed by atoms with Crippen molar-refractivity contribution in [2.24, 2.45) is 0 Å². The molecule has 1 aromatic heterocycles. The van der Waals surface area contributed by atoms with Crippen LogP contribution in [0.5, 0.6) is 0 Å². The number of hydrogen-bond acceptors (Lipinski definition) is 6. The molecule has 2 amide bonds. The molecule has 10 heteroatoms. The summed E-state index contributed by atoms with van der Waals surface area (Å²) >= 11 is 1.49. The third-order valence-corrected chi connectivity index (χ3v) is 6.49. The normalized spacial score (nSPS) is 12.5. The quantitative estimate of drug-likeness (QED) is 0.329. The molecule has 3 aromatic rings. The first kappa shape index (κ1) is 24.8. The number of hydrogen-bond donors (Lipinski definition) is 2. The Morgan fingerprint density at radius 1 is 1.12 bits per heavy atom. The standard InChI is InChI=1S/C24H26N4O5S/c1-3-22-25-20(15-34-22)19(13-17-9-11-18(12-10-17)28(32)33)26-23(29)21(27(2)24(30)31)14-16-7-5-4-6-8-16/h4-12,15,19,21H,3,13-14H2,1-2H3,(H,26,29)(H,30,31)/t19-,21-/m0/s1. The van der Waals surface area contributed by atoms with Crippen molar-refractivity contribution in [2.75, 3.05) is 7.05 Å². The zero-order chi connectivity index (χ0) is 24.7. The van der Waals surface area contributed by atoms with Crippen molar-refractivity contribution in [3.8, 4) is 0 Å². The zero-order valence-corrected chi connectivity index (χ0v) is 19.7. The second kappa shape index (κ2) is 11.4. The lowest BCUT2D eigenvalue weighted by Gasteiger charge is -2.27. The van der Waals surface area contributed by atoms with E-state index in [9.17, 15) is 24.8 Å². The van der Waals surface area contributed by atoms with Crippen molar-refractivity contribution in [1.82, 2.24) is 15.2 Å². The van der Waals surface area contributed by atoms with E-state index in [0.29, 0.717) is 12.1 Å². The largest absolute Gasteiger partial charge is 0.465 e. The third-order valence-electron chi connectivity index (χ3n) is 5.48. The Labute approximate surface area is 201 Å². The number of likely N-dealkylation sites (N-methyl/N-ethyl adjacent to an activating group) is 1. The summed E-state index contributed by atoms with van der Waals surface area (Å²) in [4.78, 5) is 41.2. The topological polar surface area (TPSA) is 126 Å². The Hall–Kier alpha value is -3.79. The van der Waals surface area contributed by atoms with Gasteiger partial charge in [0.25, 0.3) is 5.69 Å². The van der Waals surface area contributed by atoms with Gasteiger partial charge in [-0.05, 0) is 24.0 Å². The molecule has 0 aliphatic carbocycles. The van der Waals surface area contributed by atoms with Gasteiger partial charge in [-0.3, -0.25) is 19.8 Å². The molecule has 3 rings (SSSR count). The summed E-state index contributed by atoms with van der Waals surface area (Å²) in [5.74, 6) is -0.438. The molecule has 2 aromatic carbocycles. The second-order valence-corrected chi connectivity index (χ2v) is 8.75. The van der Waals surface area contributed by atoms with Crippen molar-refractivity contribution in [1.29, 1.82) is 0 Å². The molecule has 2 N–H and O–H groups in total. The van der Waals surface area contributed by atoms with Gasteiger partial charge in [-0.2, -0.15) is 0 Å². The van der Waals surface area contributed by atoms with Crippen molar-refractivity contribution in [3.05, 3.63) is 91.9 Å². The molecule has 0 aliphatic heterocycles. The summed E-state index contributed by atoms with van der Waals surface area (Å²) in [6.07, 6.45) is 0.119. The lowest BCUT2D eigenvalue weighted by atomic mass is 10.0. The van der Waals surface area contributed by atoms with Crippen molar-refractivity contribution in [3.63, 3.8) is 0 Å². The summed E-state index contributed by atoms with van der Waals surface area (Å²) in [6, 6.07) is 13.9. The average molecular weight is 483 g/mol. The Morgan fingerprint density at radius 3 is 2.32 bits per heavy atom. The molecule has 0 saturated heterocycles. The maximum Gasteiger partial charge on any atom is 0.407 e. The Morgan fingerprint density at radius 2 is 1.76 bits per heavy atom. The molecule has 34 heavy (non-hydrogen) atoms. The molecule has 178 valence electrons. The first-order valence-corrected chi connectivity index (χ1v) is 11.6. The van der Waals surface area contributed by atoms with Gasteiger partial charge in [0, 0.05) is 31.0 Å². The van der Waals surface area contributed by atoms with E-state index >= 15 is 0 Å². The number of rotatable bonds is 10. The molecule has 1 heterocycles. The Bertz CT molecular complexity index is 1130. The van der Waals surface area contributed by atoms with Gasteiger partial charge in [0.2, 0.25) is 5.91 Å². The van der Waals surface area contributed by atoms with Crippen LogP contribution in [-0.4, -0.2) is 45.0 Å². The summed E-state index contributed by atoms with van der Waals surface area (Å²) < 4.78 is 0. The zero-order valence-electron chi connectivity index (χ0n) is 18.9. The maximum atomic E-state index is 13.4. The first-order chi connectivity index (χ1) is 16.3. The van der Waals surface area contributed by atoms with Gasteiger partial charge < -0.3 is 10.4 Å². The van der Waals surface area contributed by atoms with E-state index in [2.05, 4.69) is 10.3 Å². The number of nitro groups is 1. The van der Waals surface area contributed by atoms with Crippen LogP contribution in [0.4, 0.5) is 10.5 Å². The monoisotopic (exact) mass is 482 g/mol. The van der Waals surface area contributed by atoms with Gasteiger partial charge in [0.05, 0.1) is 21.7 Å². The summed E-state index contributed by atoms with van der Waals surface area (Å²) in [5, 5.41) is 26.3. The number of amides is 2. The van der Waals surface area contributed by atoms with Gasteiger partial charge >= 0.3 is 6.09 Å². The molecule has 0 aliphatic rings. The van der Waals surface area contributed by atoms with E-state index in [0.717, 1.165) is 27.5 Å². The van der Waals surface area contributed by atoms with E-state index in [1.165, 1.54) is 30.5 Å². The van der Waals surface area contributed by atoms with Crippen LogP contribution in [0.2, 0.25) is 0 Å². The molecule has 0 fully saturated rings. The van der Waals surface area contributed by atoms with E-state index in [1.807, 2.05) is 42.6 Å². The van der Waals surface area contributed by atoms with Crippen molar-refractivity contribution in [2.45, 2.75) is 38.3 Å². The molecule has 0 bridgehead atoms. The number of non-ortho nitro benzene ring substituents is 1. The predicted molar refractivity (Wildman–Crippen MR) is 129 cm³/mol. The minimum absolute atomic E-state index is 0.0164. The SMILES string of the molecule is CCc1nc([C@H](Cc2ccc([N+](=O)[O-])cc2)NC(=O)[C@H](Cc2ccccc2)N(C)C(=O)O)cs1. The van der Waals surface area contributed by atoms with Gasteiger partial charge in [0.1, 0.15) is 6.04 Å². The lowest BCUT2D eigenvalue weighted by molar-refractivity contribution is -0.384. The number of carbonyl (C=O) groups excluding carboxylic acids is 1. The van der Waals surface area contributed by atoms with Crippen LogP contribution in [-0.2, 0) is 24.1 Å².